The van der Waals surface area contributed by atoms with Gasteiger partial charge in [-0.3, -0.25) is 10.1 Å². The van der Waals surface area contributed by atoms with E-state index in [0.29, 0.717) is 12.0 Å². The molecular formula is C16H23ClN2O2. The first kappa shape index (κ1) is 16.2. The molecule has 3 atom stereocenters. The maximum absolute atomic E-state index is 11.1. The summed E-state index contributed by atoms with van der Waals surface area (Å²) in [4.78, 5) is 10.8. The minimum absolute atomic E-state index is 0. The summed E-state index contributed by atoms with van der Waals surface area (Å²) >= 11 is 0. The lowest BCUT2D eigenvalue weighted by Crippen LogP contribution is -2.58. The quantitative estimate of drug-likeness (QED) is 0.685. The van der Waals surface area contributed by atoms with Crippen LogP contribution in [-0.4, -0.2) is 17.5 Å². The standard InChI is InChI=1S/C16H22N2O2.ClH/c1-3-13-15-9-11-5-6-12(18(19)20)10-14(11)16(13,4-2)7-8-17-15;/h5-6,10,13,15,17H,3-4,7-9H2,1-2H3;1H. The number of rotatable bonds is 3. The van der Waals surface area contributed by atoms with Crippen molar-refractivity contribution in [2.75, 3.05) is 6.54 Å². The fourth-order valence-corrected chi connectivity index (χ4v) is 4.60. The Bertz CT molecular complexity index is 549. The molecule has 3 rings (SSSR count). The Morgan fingerprint density at radius 3 is 2.81 bits per heavy atom. The Morgan fingerprint density at radius 2 is 2.19 bits per heavy atom. The number of hydrogen-bond acceptors (Lipinski definition) is 3. The van der Waals surface area contributed by atoms with Crippen molar-refractivity contribution in [3.05, 3.63) is 39.4 Å². The van der Waals surface area contributed by atoms with Gasteiger partial charge >= 0.3 is 0 Å². The summed E-state index contributed by atoms with van der Waals surface area (Å²) in [7, 11) is 0. The molecule has 0 spiro atoms. The second-order valence-electron chi connectivity index (χ2n) is 6.14. The van der Waals surface area contributed by atoms with Crippen molar-refractivity contribution >= 4 is 18.1 Å². The van der Waals surface area contributed by atoms with Gasteiger partial charge in [0.15, 0.2) is 0 Å². The molecule has 1 heterocycles. The van der Waals surface area contributed by atoms with Gasteiger partial charge in [-0.25, -0.2) is 0 Å². The van der Waals surface area contributed by atoms with Gasteiger partial charge in [-0.05, 0) is 42.9 Å². The summed E-state index contributed by atoms with van der Waals surface area (Å²) in [6, 6.07) is 6.01. The Labute approximate surface area is 131 Å². The number of nitro benzene ring substituents is 1. The van der Waals surface area contributed by atoms with Crippen LogP contribution in [0.25, 0.3) is 0 Å². The smallest absolute Gasteiger partial charge is 0.269 e. The summed E-state index contributed by atoms with van der Waals surface area (Å²) < 4.78 is 0. The molecule has 2 aliphatic rings. The molecule has 1 aliphatic carbocycles. The van der Waals surface area contributed by atoms with Crippen LogP contribution in [-0.2, 0) is 11.8 Å². The number of nitrogens with zero attached hydrogens (tertiary/aromatic N) is 1. The number of non-ortho nitro benzene ring substituents is 1. The summed E-state index contributed by atoms with van der Waals surface area (Å²) in [5, 5.41) is 14.8. The minimum atomic E-state index is -0.266. The number of piperidine rings is 1. The van der Waals surface area contributed by atoms with E-state index in [1.54, 1.807) is 6.07 Å². The zero-order valence-electron chi connectivity index (χ0n) is 12.6. The first-order chi connectivity index (χ1) is 9.62. The Hall–Kier alpha value is -1.13. The molecule has 3 unspecified atom stereocenters. The number of halogens is 1. The van der Waals surface area contributed by atoms with Gasteiger partial charge in [-0.15, -0.1) is 12.4 Å². The molecule has 0 radical (unpaired) electrons. The molecule has 1 aromatic rings. The zero-order chi connectivity index (χ0) is 14.3. The lowest BCUT2D eigenvalue weighted by atomic mass is 9.56. The van der Waals surface area contributed by atoms with E-state index in [1.807, 2.05) is 12.1 Å². The highest BCUT2D eigenvalue weighted by Crippen LogP contribution is 2.50. The molecule has 1 saturated heterocycles. The van der Waals surface area contributed by atoms with E-state index in [4.69, 9.17) is 0 Å². The summed E-state index contributed by atoms with van der Waals surface area (Å²) in [6.07, 6.45) is 4.30. The Balaban J connectivity index is 0.00000161. The van der Waals surface area contributed by atoms with Gasteiger partial charge in [0, 0.05) is 23.6 Å². The van der Waals surface area contributed by atoms with Crippen molar-refractivity contribution in [1.82, 2.24) is 5.32 Å². The van der Waals surface area contributed by atoms with Crippen LogP contribution in [0.5, 0.6) is 0 Å². The molecule has 5 heteroatoms. The molecule has 2 bridgehead atoms. The normalized spacial score (nSPS) is 30.2. The van der Waals surface area contributed by atoms with Gasteiger partial charge in [0.05, 0.1) is 4.92 Å². The highest BCUT2D eigenvalue weighted by atomic mass is 35.5. The number of nitrogens with one attached hydrogen (secondary N) is 1. The molecule has 0 aromatic heterocycles. The largest absolute Gasteiger partial charge is 0.313 e. The molecular weight excluding hydrogens is 288 g/mol. The van der Waals surface area contributed by atoms with Crippen LogP contribution < -0.4 is 5.32 Å². The van der Waals surface area contributed by atoms with E-state index in [2.05, 4.69) is 19.2 Å². The highest BCUT2D eigenvalue weighted by Gasteiger charge is 2.49. The maximum Gasteiger partial charge on any atom is 0.269 e. The Kier molecular flexibility index (Phi) is 4.59. The summed E-state index contributed by atoms with van der Waals surface area (Å²) in [5.41, 5.74) is 2.92. The van der Waals surface area contributed by atoms with Crippen LogP contribution in [0.2, 0.25) is 0 Å². The van der Waals surface area contributed by atoms with Crippen molar-refractivity contribution in [3.8, 4) is 0 Å². The SMILES string of the molecule is CCC1C2Cc3ccc([N+](=O)[O-])cc3C1(CC)CCN2.Cl. The van der Waals surface area contributed by atoms with Crippen molar-refractivity contribution in [2.45, 2.75) is 51.0 Å². The maximum atomic E-state index is 11.1. The van der Waals surface area contributed by atoms with Crippen LogP contribution >= 0.6 is 12.4 Å². The van der Waals surface area contributed by atoms with E-state index in [0.717, 1.165) is 32.2 Å². The predicted molar refractivity (Wildman–Crippen MR) is 86.2 cm³/mol. The van der Waals surface area contributed by atoms with Crippen molar-refractivity contribution in [1.29, 1.82) is 0 Å². The van der Waals surface area contributed by atoms with Gasteiger partial charge in [-0.2, -0.15) is 0 Å². The lowest BCUT2D eigenvalue weighted by molar-refractivity contribution is -0.385. The molecule has 0 amide bonds. The average Bonchev–Trinajstić information content (AvgIpc) is 2.46. The van der Waals surface area contributed by atoms with Crippen LogP contribution in [0.15, 0.2) is 18.2 Å². The van der Waals surface area contributed by atoms with E-state index in [-0.39, 0.29) is 28.4 Å². The first-order valence-electron chi connectivity index (χ1n) is 7.63. The number of fused-ring (bicyclic) bond motifs is 4. The second-order valence-corrected chi connectivity index (χ2v) is 6.14. The first-order valence-corrected chi connectivity index (χ1v) is 7.63. The summed E-state index contributed by atoms with van der Waals surface area (Å²) in [6.45, 7) is 5.51. The van der Waals surface area contributed by atoms with Crippen LogP contribution in [0.3, 0.4) is 0 Å². The molecule has 116 valence electrons. The van der Waals surface area contributed by atoms with Gasteiger partial charge in [0.2, 0.25) is 0 Å². The van der Waals surface area contributed by atoms with E-state index in [9.17, 15) is 10.1 Å². The monoisotopic (exact) mass is 310 g/mol. The van der Waals surface area contributed by atoms with E-state index in [1.165, 1.54) is 11.1 Å². The van der Waals surface area contributed by atoms with Gasteiger partial charge in [0.25, 0.3) is 5.69 Å². The third-order valence-electron chi connectivity index (χ3n) is 5.52. The molecule has 1 aromatic carbocycles. The van der Waals surface area contributed by atoms with Gasteiger partial charge < -0.3 is 5.32 Å². The Morgan fingerprint density at radius 1 is 1.43 bits per heavy atom. The van der Waals surface area contributed by atoms with Gasteiger partial charge in [0.1, 0.15) is 0 Å². The van der Waals surface area contributed by atoms with Crippen LogP contribution in [0, 0.1) is 16.0 Å². The van der Waals surface area contributed by atoms with Crippen molar-refractivity contribution < 1.29 is 4.92 Å². The van der Waals surface area contributed by atoms with E-state index < -0.39 is 0 Å². The van der Waals surface area contributed by atoms with Crippen molar-refractivity contribution in [2.24, 2.45) is 5.92 Å². The molecule has 21 heavy (non-hydrogen) atoms. The van der Waals surface area contributed by atoms with E-state index >= 15 is 0 Å². The summed E-state index contributed by atoms with van der Waals surface area (Å²) in [5.74, 6) is 0.593. The molecule has 1 fully saturated rings. The highest BCUT2D eigenvalue weighted by molar-refractivity contribution is 5.85. The third kappa shape index (κ3) is 2.34. The zero-order valence-corrected chi connectivity index (χ0v) is 13.4. The van der Waals surface area contributed by atoms with Crippen LogP contribution in [0.4, 0.5) is 5.69 Å². The topological polar surface area (TPSA) is 55.2 Å². The molecule has 0 saturated carbocycles. The number of benzene rings is 1. The number of hydrogen-bond donors (Lipinski definition) is 1. The lowest BCUT2D eigenvalue weighted by Gasteiger charge is -2.53. The van der Waals surface area contributed by atoms with Crippen LogP contribution in [0.1, 0.15) is 44.2 Å². The average molecular weight is 311 g/mol. The fraction of sp³-hybridized carbons (Fsp3) is 0.625. The second kappa shape index (κ2) is 5.93. The number of nitro groups is 1. The molecule has 1 aliphatic heterocycles. The van der Waals surface area contributed by atoms with Gasteiger partial charge in [-0.1, -0.05) is 26.3 Å². The fourth-order valence-electron chi connectivity index (χ4n) is 4.60. The molecule has 4 nitrogen and oxygen atoms in total. The predicted octanol–water partition coefficient (Wildman–Crippen LogP) is 3.61. The minimum Gasteiger partial charge on any atom is -0.313 e. The third-order valence-corrected chi connectivity index (χ3v) is 5.52. The molecule has 1 N–H and O–H groups in total. The van der Waals surface area contributed by atoms with Crippen molar-refractivity contribution in [3.63, 3.8) is 0 Å².